The highest BCUT2D eigenvalue weighted by Crippen LogP contribution is 2.21. The van der Waals surface area contributed by atoms with E-state index in [1.54, 1.807) is 0 Å². The van der Waals surface area contributed by atoms with Crippen LogP contribution in [0.15, 0.2) is 18.3 Å². The minimum absolute atomic E-state index is 0.586. The Morgan fingerprint density at radius 3 is 3.00 bits per heavy atom. The maximum atomic E-state index is 4.39. The van der Waals surface area contributed by atoms with Crippen LogP contribution in [0.1, 0.15) is 36.6 Å². The van der Waals surface area contributed by atoms with E-state index in [9.17, 15) is 0 Å². The molecule has 0 amide bonds. The third kappa shape index (κ3) is 1.15. The van der Waals surface area contributed by atoms with Crippen molar-refractivity contribution in [3.63, 3.8) is 0 Å². The topological polar surface area (TPSA) is 12.9 Å². The predicted octanol–water partition coefficient (Wildman–Crippen LogP) is 2.77. The normalized spacial score (nSPS) is 13.9. The summed E-state index contributed by atoms with van der Waals surface area (Å²) in [6.07, 6.45) is 7.31. The average Bonchev–Trinajstić information content (AvgIpc) is 2.49. The number of hydrogen-bond donors (Lipinski definition) is 0. The van der Waals surface area contributed by atoms with Crippen LogP contribution in [0.4, 0.5) is 0 Å². The van der Waals surface area contributed by atoms with Gasteiger partial charge in [-0.2, -0.15) is 0 Å². The summed E-state index contributed by atoms with van der Waals surface area (Å²) in [5, 5.41) is 0. The largest absolute Gasteiger partial charge is 0.256 e. The van der Waals surface area contributed by atoms with Crippen molar-refractivity contribution >= 4 is 6.08 Å². The van der Waals surface area contributed by atoms with Crippen molar-refractivity contribution in [1.29, 1.82) is 0 Å². The van der Waals surface area contributed by atoms with Gasteiger partial charge in [-0.1, -0.05) is 26.0 Å². The summed E-state index contributed by atoms with van der Waals surface area (Å²) in [6.45, 7) is 4.40. The van der Waals surface area contributed by atoms with Gasteiger partial charge in [-0.25, -0.2) is 0 Å². The first-order valence-corrected chi connectivity index (χ1v) is 4.43. The van der Waals surface area contributed by atoms with Gasteiger partial charge in [0.1, 0.15) is 0 Å². The lowest BCUT2D eigenvalue weighted by Crippen LogP contribution is -1.93. The molecule has 0 saturated carbocycles. The Bertz CT molecular complexity index is 324. The molecule has 0 radical (unpaired) electrons. The molecule has 0 spiro atoms. The van der Waals surface area contributed by atoms with Gasteiger partial charge in [0.05, 0.1) is 5.69 Å². The number of allylic oxidation sites excluding steroid dienone is 1. The summed E-state index contributed by atoms with van der Waals surface area (Å²) in [5.41, 5.74) is 3.87. The molecule has 1 heterocycles. The second-order valence-corrected chi connectivity index (χ2v) is 3.57. The van der Waals surface area contributed by atoms with Gasteiger partial charge < -0.3 is 0 Å². The van der Waals surface area contributed by atoms with Gasteiger partial charge in [0.2, 0.25) is 0 Å². The van der Waals surface area contributed by atoms with Crippen LogP contribution in [0.25, 0.3) is 6.08 Å². The molecule has 0 saturated heterocycles. The molecule has 1 aromatic heterocycles. The maximum absolute atomic E-state index is 4.39. The van der Waals surface area contributed by atoms with Crippen molar-refractivity contribution in [2.24, 2.45) is 0 Å². The molecule has 1 aliphatic rings. The number of hydrogen-bond acceptors (Lipinski definition) is 1. The Morgan fingerprint density at radius 1 is 1.42 bits per heavy atom. The lowest BCUT2D eigenvalue weighted by Gasteiger charge is -2.06. The lowest BCUT2D eigenvalue weighted by atomic mass is 10.0. The molecule has 0 aromatic carbocycles. The van der Waals surface area contributed by atoms with E-state index in [1.807, 2.05) is 6.20 Å². The van der Waals surface area contributed by atoms with Crippen molar-refractivity contribution in [3.8, 4) is 0 Å². The summed E-state index contributed by atoms with van der Waals surface area (Å²) in [5.74, 6) is 0.586. The lowest BCUT2D eigenvalue weighted by molar-refractivity contribution is 0.854. The monoisotopic (exact) mass is 159 g/mol. The van der Waals surface area contributed by atoms with Crippen LogP contribution >= 0.6 is 0 Å². The number of rotatable bonds is 1. The van der Waals surface area contributed by atoms with E-state index in [2.05, 4.69) is 37.0 Å². The number of fused-ring (bicyclic) bond motifs is 1. The minimum Gasteiger partial charge on any atom is -0.256 e. The average molecular weight is 159 g/mol. The summed E-state index contributed by atoms with van der Waals surface area (Å²) < 4.78 is 0. The molecule has 1 heteroatoms. The quantitative estimate of drug-likeness (QED) is 0.614. The van der Waals surface area contributed by atoms with Crippen molar-refractivity contribution in [1.82, 2.24) is 4.98 Å². The highest BCUT2D eigenvalue weighted by Gasteiger charge is 2.08. The van der Waals surface area contributed by atoms with E-state index in [0.717, 1.165) is 12.1 Å². The van der Waals surface area contributed by atoms with Gasteiger partial charge in [0.25, 0.3) is 0 Å². The number of pyridine rings is 1. The van der Waals surface area contributed by atoms with Crippen LogP contribution in [0.5, 0.6) is 0 Å². The van der Waals surface area contributed by atoms with Crippen LogP contribution in [-0.4, -0.2) is 4.98 Å². The Morgan fingerprint density at radius 2 is 2.25 bits per heavy atom. The third-order valence-corrected chi connectivity index (χ3v) is 2.30. The zero-order valence-electron chi connectivity index (χ0n) is 7.54. The van der Waals surface area contributed by atoms with Crippen molar-refractivity contribution in [3.05, 3.63) is 35.2 Å². The van der Waals surface area contributed by atoms with E-state index < -0.39 is 0 Å². The van der Waals surface area contributed by atoms with E-state index in [-0.39, 0.29) is 0 Å². The molecule has 2 rings (SSSR count). The fourth-order valence-corrected chi connectivity index (χ4v) is 1.47. The molecule has 1 nitrogen and oxygen atoms in total. The van der Waals surface area contributed by atoms with E-state index in [1.165, 1.54) is 11.1 Å². The second kappa shape index (κ2) is 2.74. The molecule has 0 fully saturated rings. The van der Waals surface area contributed by atoms with E-state index in [4.69, 9.17) is 0 Å². The first-order valence-electron chi connectivity index (χ1n) is 4.43. The molecule has 0 N–H and O–H groups in total. The zero-order chi connectivity index (χ0) is 8.55. The van der Waals surface area contributed by atoms with Gasteiger partial charge in [0, 0.05) is 6.20 Å². The molecule has 1 aromatic rings. The minimum atomic E-state index is 0.586. The Labute approximate surface area is 73.1 Å². The molecule has 0 aliphatic heterocycles. The fourth-order valence-electron chi connectivity index (χ4n) is 1.47. The van der Waals surface area contributed by atoms with Gasteiger partial charge in [0.15, 0.2) is 0 Å². The van der Waals surface area contributed by atoms with Gasteiger partial charge in [-0.05, 0) is 29.5 Å². The Hall–Kier alpha value is -1.11. The smallest absolute Gasteiger partial charge is 0.0661 e. The van der Waals surface area contributed by atoms with E-state index >= 15 is 0 Å². The molecule has 0 unspecified atom stereocenters. The van der Waals surface area contributed by atoms with Gasteiger partial charge in [-0.3, -0.25) is 4.98 Å². The van der Waals surface area contributed by atoms with Gasteiger partial charge in [-0.15, -0.1) is 0 Å². The predicted molar refractivity (Wildman–Crippen MR) is 51.1 cm³/mol. The van der Waals surface area contributed by atoms with Gasteiger partial charge >= 0.3 is 0 Å². The number of nitrogens with zero attached hydrogens (tertiary/aromatic N) is 1. The first kappa shape index (κ1) is 7.53. The summed E-state index contributed by atoms with van der Waals surface area (Å²) in [7, 11) is 0. The standard InChI is InChI=1S/C11H13N/c1-8(2)10-6-9-4-3-5-11(9)12-7-10/h3,5-8H,4H2,1-2H3. The zero-order valence-corrected chi connectivity index (χ0v) is 7.54. The third-order valence-electron chi connectivity index (χ3n) is 2.30. The molecular formula is C11H13N. The molecule has 12 heavy (non-hydrogen) atoms. The summed E-state index contributed by atoms with van der Waals surface area (Å²) in [4.78, 5) is 4.39. The SMILES string of the molecule is CC(C)c1cnc2c(c1)CC=C2. The summed E-state index contributed by atoms with van der Waals surface area (Å²) >= 11 is 0. The fraction of sp³-hybridized carbons (Fsp3) is 0.364. The van der Waals surface area contributed by atoms with E-state index in [0.29, 0.717) is 5.92 Å². The Kier molecular flexibility index (Phi) is 1.72. The molecule has 1 aliphatic carbocycles. The second-order valence-electron chi connectivity index (χ2n) is 3.57. The van der Waals surface area contributed by atoms with Crippen LogP contribution in [0.2, 0.25) is 0 Å². The van der Waals surface area contributed by atoms with Crippen molar-refractivity contribution in [2.75, 3.05) is 0 Å². The van der Waals surface area contributed by atoms with Crippen LogP contribution in [0, 0.1) is 0 Å². The van der Waals surface area contributed by atoms with Crippen molar-refractivity contribution < 1.29 is 0 Å². The van der Waals surface area contributed by atoms with Crippen LogP contribution in [-0.2, 0) is 6.42 Å². The first-order chi connectivity index (χ1) is 5.77. The molecule has 0 atom stereocenters. The van der Waals surface area contributed by atoms with Crippen LogP contribution in [0.3, 0.4) is 0 Å². The van der Waals surface area contributed by atoms with Crippen molar-refractivity contribution in [2.45, 2.75) is 26.2 Å². The molecule has 62 valence electrons. The molecule has 0 bridgehead atoms. The maximum Gasteiger partial charge on any atom is 0.0661 e. The highest BCUT2D eigenvalue weighted by molar-refractivity contribution is 5.56. The molecular weight excluding hydrogens is 146 g/mol. The highest BCUT2D eigenvalue weighted by atomic mass is 14.7. The van der Waals surface area contributed by atoms with Crippen LogP contribution < -0.4 is 0 Å². The Balaban J connectivity index is 2.42. The summed E-state index contributed by atoms with van der Waals surface area (Å²) in [6, 6.07) is 2.27. The number of aromatic nitrogens is 1.